The van der Waals surface area contributed by atoms with Gasteiger partial charge in [0, 0.05) is 12.5 Å². The van der Waals surface area contributed by atoms with Crippen molar-refractivity contribution in [1.29, 1.82) is 0 Å². The van der Waals surface area contributed by atoms with E-state index < -0.39 is 0 Å². The highest BCUT2D eigenvalue weighted by molar-refractivity contribution is 5.66. The smallest absolute Gasteiger partial charge is 0.0468 e. The average molecular weight is 259 g/mol. The topological polar surface area (TPSA) is 23.5 Å². The van der Waals surface area contributed by atoms with Crippen LogP contribution in [0, 0.1) is 5.92 Å². The number of hydrogen-bond acceptors (Lipinski definition) is 2. The largest absolute Gasteiger partial charge is 0.396 e. The van der Waals surface area contributed by atoms with Crippen LogP contribution in [0.3, 0.4) is 0 Å². The zero-order chi connectivity index (χ0) is 13.8. The molecule has 0 heterocycles. The predicted molar refractivity (Wildman–Crippen MR) is 81.2 cm³/mol. The molecule has 104 valence electrons. The number of rotatable bonds is 6. The van der Waals surface area contributed by atoms with Gasteiger partial charge in [-0.05, 0) is 50.5 Å². The Morgan fingerprint density at radius 2 is 2.00 bits per heavy atom. The van der Waals surface area contributed by atoms with Crippen molar-refractivity contribution >= 4 is 6.08 Å². The maximum Gasteiger partial charge on any atom is 0.0468 e. The lowest BCUT2D eigenvalue weighted by Crippen LogP contribution is -2.19. The molecule has 0 saturated carbocycles. The van der Waals surface area contributed by atoms with Crippen LogP contribution in [0.25, 0.3) is 6.08 Å². The molecule has 1 aromatic carbocycles. The van der Waals surface area contributed by atoms with Crippen molar-refractivity contribution in [3.8, 4) is 0 Å². The molecular weight excluding hydrogens is 234 g/mol. The minimum atomic E-state index is 0.247. The molecular formula is C17H25NO. The van der Waals surface area contributed by atoms with Gasteiger partial charge in [0.05, 0.1) is 0 Å². The fourth-order valence-electron chi connectivity index (χ4n) is 3.07. The Kier molecular flexibility index (Phi) is 4.78. The van der Waals surface area contributed by atoms with Crippen molar-refractivity contribution in [2.24, 2.45) is 5.92 Å². The van der Waals surface area contributed by atoms with Crippen LogP contribution in [0.15, 0.2) is 29.8 Å². The standard InChI is InChI=1S/C17H25NO/c1-13(8-10-18(2)3)17-15(9-11-19)12-14-6-4-5-7-16(14)17/h4-7,12-13,17,19H,8-11H2,1-3H3. The molecule has 0 saturated heterocycles. The number of aliphatic hydroxyl groups excluding tert-OH is 1. The Labute approximate surface area is 116 Å². The predicted octanol–water partition coefficient (Wildman–Crippen LogP) is 3.14. The minimum Gasteiger partial charge on any atom is -0.396 e. The number of fused-ring (bicyclic) bond motifs is 1. The average Bonchev–Trinajstić information content (AvgIpc) is 2.74. The van der Waals surface area contributed by atoms with Crippen molar-refractivity contribution < 1.29 is 5.11 Å². The molecule has 0 spiro atoms. The molecule has 2 rings (SSSR count). The molecule has 2 atom stereocenters. The summed E-state index contributed by atoms with van der Waals surface area (Å²) in [5.74, 6) is 1.10. The van der Waals surface area contributed by atoms with Gasteiger partial charge in [0.1, 0.15) is 0 Å². The van der Waals surface area contributed by atoms with Gasteiger partial charge in [-0.15, -0.1) is 0 Å². The van der Waals surface area contributed by atoms with E-state index in [1.807, 2.05) is 0 Å². The van der Waals surface area contributed by atoms with Crippen molar-refractivity contribution in [3.05, 3.63) is 41.0 Å². The molecule has 1 aliphatic rings. The Morgan fingerprint density at radius 1 is 1.26 bits per heavy atom. The first-order valence-corrected chi connectivity index (χ1v) is 7.18. The monoisotopic (exact) mass is 259 g/mol. The highest BCUT2D eigenvalue weighted by Crippen LogP contribution is 2.43. The lowest BCUT2D eigenvalue weighted by molar-refractivity contribution is 0.291. The normalized spacial score (nSPS) is 19.4. The first-order chi connectivity index (χ1) is 9.13. The van der Waals surface area contributed by atoms with Crippen LogP contribution < -0.4 is 0 Å². The van der Waals surface area contributed by atoms with Crippen LogP contribution in [-0.4, -0.2) is 37.3 Å². The lowest BCUT2D eigenvalue weighted by Gasteiger charge is -2.25. The van der Waals surface area contributed by atoms with E-state index in [0.29, 0.717) is 11.8 Å². The fraction of sp³-hybridized carbons (Fsp3) is 0.529. The zero-order valence-electron chi connectivity index (χ0n) is 12.3. The second-order valence-electron chi connectivity index (χ2n) is 5.87. The van der Waals surface area contributed by atoms with Crippen molar-refractivity contribution in [2.45, 2.75) is 25.7 Å². The SMILES string of the molecule is CC(CCN(C)C)C1C(CCO)=Cc2ccccc21. The van der Waals surface area contributed by atoms with E-state index in [4.69, 9.17) is 0 Å². The van der Waals surface area contributed by atoms with Crippen molar-refractivity contribution in [2.75, 3.05) is 27.2 Å². The summed E-state index contributed by atoms with van der Waals surface area (Å²) in [5.41, 5.74) is 4.18. The maximum atomic E-state index is 9.27. The van der Waals surface area contributed by atoms with Crippen molar-refractivity contribution in [3.63, 3.8) is 0 Å². The van der Waals surface area contributed by atoms with E-state index in [0.717, 1.165) is 13.0 Å². The van der Waals surface area contributed by atoms with Crippen molar-refractivity contribution in [1.82, 2.24) is 4.90 Å². The molecule has 2 nitrogen and oxygen atoms in total. The summed E-state index contributed by atoms with van der Waals surface area (Å²) in [5, 5.41) is 9.27. The van der Waals surface area contributed by atoms with E-state index in [1.165, 1.54) is 23.1 Å². The van der Waals surface area contributed by atoms with Gasteiger partial charge in [-0.1, -0.05) is 42.8 Å². The molecule has 0 amide bonds. The molecule has 1 aliphatic carbocycles. The molecule has 2 unspecified atom stereocenters. The zero-order valence-corrected chi connectivity index (χ0v) is 12.3. The highest BCUT2D eigenvalue weighted by Gasteiger charge is 2.28. The van der Waals surface area contributed by atoms with Gasteiger partial charge in [-0.3, -0.25) is 0 Å². The first kappa shape index (κ1) is 14.3. The molecule has 0 radical (unpaired) electrons. The van der Waals surface area contributed by atoms with Crippen LogP contribution in [0.2, 0.25) is 0 Å². The van der Waals surface area contributed by atoms with Crippen LogP contribution in [0.1, 0.15) is 36.8 Å². The second-order valence-corrected chi connectivity index (χ2v) is 5.87. The van der Waals surface area contributed by atoms with Crippen LogP contribution in [0.5, 0.6) is 0 Å². The Balaban J connectivity index is 2.18. The number of hydrogen-bond donors (Lipinski definition) is 1. The van der Waals surface area contributed by atoms with E-state index in [9.17, 15) is 5.11 Å². The molecule has 0 bridgehead atoms. The van der Waals surface area contributed by atoms with E-state index in [2.05, 4.69) is 56.3 Å². The molecule has 1 N–H and O–H groups in total. The van der Waals surface area contributed by atoms with Crippen LogP contribution in [0.4, 0.5) is 0 Å². The second kappa shape index (κ2) is 6.36. The molecule has 0 fully saturated rings. The lowest BCUT2D eigenvalue weighted by atomic mass is 9.81. The van der Waals surface area contributed by atoms with Gasteiger partial charge in [-0.25, -0.2) is 0 Å². The van der Waals surface area contributed by atoms with Gasteiger partial charge in [0.25, 0.3) is 0 Å². The Bertz CT molecular complexity index is 450. The molecule has 2 heteroatoms. The number of aliphatic hydroxyl groups is 1. The summed E-state index contributed by atoms with van der Waals surface area (Å²) in [6.07, 6.45) is 4.27. The maximum absolute atomic E-state index is 9.27. The molecule has 0 aliphatic heterocycles. The molecule has 1 aromatic rings. The van der Waals surface area contributed by atoms with Gasteiger partial charge in [0.15, 0.2) is 0 Å². The number of benzene rings is 1. The third-order valence-corrected chi connectivity index (χ3v) is 4.07. The van der Waals surface area contributed by atoms with Gasteiger partial charge < -0.3 is 10.0 Å². The van der Waals surface area contributed by atoms with E-state index in [-0.39, 0.29) is 6.61 Å². The van der Waals surface area contributed by atoms with E-state index in [1.54, 1.807) is 0 Å². The highest BCUT2D eigenvalue weighted by atomic mass is 16.2. The summed E-state index contributed by atoms with van der Waals surface area (Å²) in [7, 11) is 4.25. The summed E-state index contributed by atoms with van der Waals surface area (Å²) < 4.78 is 0. The van der Waals surface area contributed by atoms with Crippen LogP contribution in [-0.2, 0) is 0 Å². The third-order valence-electron chi connectivity index (χ3n) is 4.07. The first-order valence-electron chi connectivity index (χ1n) is 7.18. The minimum absolute atomic E-state index is 0.247. The summed E-state index contributed by atoms with van der Waals surface area (Å²) >= 11 is 0. The molecule has 19 heavy (non-hydrogen) atoms. The number of nitrogens with zero attached hydrogens (tertiary/aromatic N) is 1. The van der Waals surface area contributed by atoms with Crippen LogP contribution >= 0.6 is 0 Å². The quantitative estimate of drug-likeness (QED) is 0.848. The fourth-order valence-corrected chi connectivity index (χ4v) is 3.07. The molecule has 0 aromatic heterocycles. The third kappa shape index (κ3) is 3.26. The Hall–Kier alpha value is -1.12. The van der Waals surface area contributed by atoms with Gasteiger partial charge in [-0.2, -0.15) is 0 Å². The van der Waals surface area contributed by atoms with E-state index >= 15 is 0 Å². The van der Waals surface area contributed by atoms with Gasteiger partial charge in [0.2, 0.25) is 0 Å². The summed E-state index contributed by atoms with van der Waals surface area (Å²) in [6.45, 7) is 3.70. The summed E-state index contributed by atoms with van der Waals surface area (Å²) in [4.78, 5) is 2.24. The Morgan fingerprint density at radius 3 is 2.68 bits per heavy atom. The van der Waals surface area contributed by atoms with Gasteiger partial charge >= 0.3 is 0 Å². The summed E-state index contributed by atoms with van der Waals surface area (Å²) in [6, 6.07) is 8.65.